The molecule has 0 radical (unpaired) electrons. The number of carboxylic acid groups (broad SMARTS) is 1. The molecule has 1 unspecified atom stereocenters. The van der Waals surface area contributed by atoms with Gasteiger partial charge in [0, 0.05) is 12.7 Å². The molecule has 0 fully saturated rings. The minimum Gasteiger partial charge on any atom is -0.493 e. The lowest BCUT2D eigenvalue weighted by molar-refractivity contribution is -0.113. The minimum absolute atomic E-state index is 0.119. The molecular weight excluding hydrogens is 420 g/mol. The summed E-state index contributed by atoms with van der Waals surface area (Å²) in [6.07, 6.45) is -0.385. The number of carbonyl (C=O) groups excluding carboxylic acids is 1. The summed E-state index contributed by atoms with van der Waals surface area (Å²) in [4.78, 5) is 23.1. The lowest BCUT2D eigenvalue weighted by Crippen LogP contribution is -2.15. The van der Waals surface area contributed by atoms with Gasteiger partial charge in [-0.1, -0.05) is 23.9 Å². The molecule has 1 atom stereocenters. The number of methoxy groups -OCH3 is 1. The first-order chi connectivity index (χ1) is 14.9. The Morgan fingerprint density at radius 3 is 2.45 bits per heavy atom. The Bertz CT molecular complexity index is 1070. The van der Waals surface area contributed by atoms with Crippen LogP contribution in [-0.4, -0.2) is 44.6 Å². The summed E-state index contributed by atoms with van der Waals surface area (Å²) in [6.45, 7) is 1.86. The zero-order valence-electron chi connectivity index (χ0n) is 17.2. The Kier molecular flexibility index (Phi) is 7.14. The van der Waals surface area contributed by atoms with Crippen LogP contribution in [-0.2, 0) is 11.8 Å². The van der Waals surface area contributed by atoms with E-state index in [-0.39, 0.29) is 23.3 Å². The first kappa shape index (κ1) is 22.2. The second-order valence-corrected chi connectivity index (χ2v) is 7.47. The van der Waals surface area contributed by atoms with Gasteiger partial charge in [-0.15, -0.1) is 10.2 Å². The molecule has 3 aromatic rings. The van der Waals surface area contributed by atoms with Crippen molar-refractivity contribution in [3.05, 3.63) is 59.9 Å². The second kappa shape index (κ2) is 9.98. The number of aromatic nitrogens is 3. The first-order valence-corrected chi connectivity index (χ1v) is 10.3. The van der Waals surface area contributed by atoms with E-state index in [1.54, 1.807) is 23.8 Å². The first-order valence-electron chi connectivity index (χ1n) is 9.34. The fraction of sp³-hybridized carbons (Fsp3) is 0.238. The highest BCUT2D eigenvalue weighted by atomic mass is 32.2. The highest BCUT2D eigenvalue weighted by molar-refractivity contribution is 7.99. The lowest BCUT2D eigenvalue weighted by atomic mass is 10.2. The number of carbonyl (C=O) groups is 2. The number of hydrogen-bond acceptors (Lipinski definition) is 7. The van der Waals surface area contributed by atoms with Crippen LogP contribution in [0.25, 0.3) is 0 Å². The van der Waals surface area contributed by atoms with Gasteiger partial charge in [0.05, 0.1) is 18.4 Å². The van der Waals surface area contributed by atoms with Crippen LogP contribution in [0.4, 0.5) is 5.69 Å². The summed E-state index contributed by atoms with van der Waals surface area (Å²) in [5.74, 6) is 0.695. The van der Waals surface area contributed by atoms with Gasteiger partial charge in [-0.05, 0) is 43.3 Å². The summed E-state index contributed by atoms with van der Waals surface area (Å²) < 4.78 is 13.1. The van der Waals surface area contributed by atoms with E-state index in [0.29, 0.717) is 28.2 Å². The largest absolute Gasteiger partial charge is 0.493 e. The summed E-state index contributed by atoms with van der Waals surface area (Å²) in [7, 11) is 3.39. The molecule has 10 heteroatoms. The van der Waals surface area contributed by atoms with Crippen molar-refractivity contribution in [1.29, 1.82) is 0 Å². The molecular formula is C21H22N4O5S. The van der Waals surface area contributed by atoms with Gasteiger partial charge < -0.3 is 24.5 Å². The van der Waals surface area contributed by atoms with Crippen LogP contribution in [0, 0.1) is 0 Å². The molecule has 1 heterocycles. The number of nitrogens with zero attached hydrogens (tertiary/aromatic N) is 3. The van der Waals surface area contributed by atoms with E-state index >= 15 is 0 Å². The third-order valence-corrected chi connectivity index (χ3v) is 5.37. The number of hydrogen-bond donors (Lipinski definition) is 2. The number of benzene rings is 2. The SMILES string of the molecule is COc1ccccc1OC(C)c1nnc(SCC(=O)Nc2ccc(C(=O)O)cc2)n1C. The van der Waals surface area contributed by atoms with Crippen molar-refractivity contribution >= 4 is 29.3 Å². The maximum atomic E-state index is 12.2. The predicted molar refractivity (Wildman–Crippen MR) is 116 cm³/mol. The normalized spacial score (nSPS) is 11.6. The molecule has 9 nitrogen and oxygen atoms in total. The van der Waals surface area contributed by atoms with Gasteiger partial charge in [-0.25, -0.2) is 4.79 Å². The van der Waals surface area contributed by atoms with Gasteiger partial charge in [0.1, 0.15) is 0 Å². The van der Waals surface area contributed by atoms with Crippen molar-refractivity contribution in [2.75, 3.05) is 18.2 Å². The second-order valence-electron chi connectivity index (χ2n) is 6.53. The van der Waals surface area contributed by atoms with E-state index in [1.807, 2.05) is 38.2 Å². The number of rotatable bonds is 9. The van der Waals surface area contributed by atoms with Crippen LogP contribution in [0.3, 0.4) is 0 Å². The maximum absolute atomic E-state index is 12.2. The number of anilines is 1. The molecule has 1 aromatic heterocycles. The van der Waals surface area contributed by atoms with Gasteiger partial charge in [-0.2, -0.15) is 0 Å². The third-order valence-electron chi connectivity index (χ3n) is 4.35. The number of nitrogens with one attached hydrogen (secondary N) is 1. The van der Waals surface area contributed by atoms with Gasteiger partial charge in [0.25, 0.3) is 0 Å². The molecule has 3 rings (SSSR count). The summed E-state index contributed by atoms with van der Waals surface area (Å²) in [6, 6.07) is 13.3. The van der Waals surface area contributed by atoms with Crippen LogP contribution in [0.1, 0.15) is 29.2 Å². The van der Waals surface area contributed by atoms with Gasteiger partial charge in [-0.3, -0.25) is 4.79 Å². The van der Waals surface area contributed by atoms with E-state index in [2.05, 4.69) is 15.5 Å². The fourth-order valence-corrected chi connectivity index (χ4v) is 3.51. The Morgan fingerprint density at radius 1 is 1.13 bits per heavy atom. The van der Waals surface area contributed by atoms with Gasteiger partial charge >= 0.3 is 5.97 Å². The van der Waals surface area contributed by atoms with Crippen molar-refractivity contribution in [2.24, 2.45) is 7.05 Å². The van der Waals surface area contributed by atoms with Crippen LogP contribution < -0.4 is 14.8 Å². The quantitative estimate of drug-likeness (QED) is 0.485. The van der Waals surface area contributed by atoms with Crippen LogP contribution in [0.15, 0.2) is 53.7 Å². The van der Waals surface area contributed by atoms with Crippen molar-refractivity contribution in [3.8, 4) is 11.5 Å². The zero-order chi connectivity index (χ0) is 22.4. The monoisotopic (exact) mass is 442 g/mol. The average Bonchev–Trinajstić information content (AvgIpc) is 3.13. The van der Waals surface area contributed by atoms with Crippen molar-refractivity contribution in [3.63, 3.8) is 0 Å². The third kappa shape index (κ3) is 5.54. The Hall–Kier alpha value is -3.53. The molecule has 0 aliphatic heterocycles. The number of amides is 1. The molecule has 0 aliphatic rings. The Balaban J connectivity index is 1.58. The molecule has 0 bridgehead atoms. The lowest BCUT2D eigenvalue weighted by Gasteiger charge is -2.16. The van der Waals surface area contributed by atoms with E-state index in [9.17, 15) is 9.59 Å². The topological polar surface area (TPSA) is 116 Å². The van der Waals surface area contributed by atoms with Crippen LogP contribution >= 0.6 is 11.8 Å². The number of thioether (sulfide) groups is 1. The molecule has 1 amide bonds. The van der Waals surface area contributed by atoms with Gasteiger partial charge in [0.15, 0.2) is 28.6 Å². The maximum Gasteiger partial charge on any atom is 0.335 e. The van der Waals surface area contributed by atoms with Crippen LogP contribution in [0.2, 0.25) is 0 Å². The fourth-order valence-electron chi connectivity index (χ4n) is 2.79. The van der Waals surface area contributed by atoms with E-state index in [4.69, 9.17) is 14.6 Å². The summed E-state index contributed by atoms with van der Waals surface area (Å²) in [5.41, 5.74) is 0.677. The zero-order valence-corrected chi connectivity index (χ0v) is 18.0. The predicted octanol–water partition coefficient (Wildman–Crippen LogP) is 3.39. The van der Waals surface area contributed by atoms with E-state index < -0.39 is 5.97 Å². The molecule has 2 aromatic carbocycles. The number of para-hydroxylation sites is 2. The molecule has 2 N–H and O–H groups in total. The van der Waals surface area contributed by atoms with Crippen molar-refractivity contribution in [1.82, 2.24) is 14.8 Å². The molecule has 0 saturated carbocycles. The van der Waals surface area contributed by atoms with Crippen molar-refractivity contribution in [2.45, 2.75) is 18.2 Å². The number of ether oxygens (including phenoxy) is 2. The highest BCUT2D eigenvalue weighted by Crippen LogP contribution is 2.30. The Labute approximate surface area is 183 Å². The summed E-state index contributed by atoms with van der Waals surface area (Å²) in [5, 5.41) is 20.6. The smallest absolute Gasteiger partial charge is 0.335 e. The standard InChI is InChI=1S/C21H22N4O5S/c1-13(30-17-7-5-4-6-16(17)29-3)19-23-24-21(25(19)2)31-12-18(26)22-15-10-8-14(9-11-15)20(27)28/h4-11,13H,12H2,1-3H3,(H,22,26)(H,27,28). The minimum atomic E-state index is -1.02. The molecule has 162 valence electrons. The average molecular weight is 442 g/mol. The highest BCUT2D eigenvalue weighted by Gasteiger charge is 2.19. The molecule has 0 aliphatic carbocycles. The van der Waals surface area contributed by atoms with Crippen molar-refractivity contribution < 1.29 is 24.2 Å². The van der Waals surface area contributed by atoms with E-state index in [0.717, 1.165) is 0 Å². The molecule has 0 spiro atoms. The van der Waals surface area contributed by atoms with E-state index in [1.165, 1.54) is 23.9 Å². The number of aromatic carboxylic acids is 1. The number of carboxylic acids is 1. The molecule has 31 heavy (non-hydrogen) atoms. The Morgan fingerprint density at radius 2 is 1.81 bits per heavy atom. The molecule has 0 saturated heterocycles. The van der Waals surface area contributed by atoms with Gasteiger partial charge in [0.2, 0.25) is 5.91 Å². The van der Waals surface area contributed by atoms with Crippen LogP contribution in [0.5, 0.6) is 11.5 Å². The summed E-state index contributed by atoms with van der Waals surface area (Å²) >= 11 is 1.24.